The second-order valence-electron chi connectivity index (χ2n) is 6.63. The number of hydrogen-bond acceptors (Lipinski definition) is 5. The van der Waals surface area contributed by atoms with Gasteiger partial charge in [0.05, 0.1) is 12.1 Å². The van der Waals surface area contributed by atoms with Crippen molar-refractivity contribution < 1.29 is 14.3 Å². The van der Waals surface area contributed by atoms with E-state index in [4.69, 9.17) is 4.74 Å². The van der Waals surface area contributed by atoms with Crippen LogP contribution in [0.15, 0.2) is 53.9 Å². The fourth-order valence-corrected chi connectivity index (χ4v) is 3.56. The number of anilines is 1. The predicted octanol–water partition coefficient (Wildman–Crippen LogP) is 4.54. The van der Waals surface area contributed by atoms with Crippen molar-refractivity contribution in [1.82, 2.24) is 4.98 Å². The van der Waals surface area contributed by atoms with Crippen LogP contribution in [0, 0.1) is 13.8 Å². The Morgan fingerprint density at radius 3 is 2.61 bits per heavy atom. The standard InChI is InChI=1S/C22H22N2O3S/c1-14-9-10-19(15(2)11-14)24-21(26)16(3)27-20(25)12-18-13-28-22(23-18)17-7-5-4-6-8-17/h4-11,13,16H,12H2,1-3H3,(H,24,26). The maximum atomic E-state index is 12.3. The number of benzene rings is 2. The molecule has 1 atom stereocenters. The van der Waals surface area contributed by atoms with Crippen LogP contribution in [-0.4, -0.2) is 23.0 Å². The minimum Gasteiger partial charge on any atom is -0.452 e. The molecule has 0 saturated heterocycles. The van der Waals surface area contributed by atoms with Crippen molar-refractivity contribution in [3.8, 4) is 10.6 Å². The summed E-state index contributed by atoms with van der Waals surface area (Å²) in [6.07, 6.45) is -0.856. The molecule has 28 heavy (non-hydrogen) atoms. The highest BCUT2D eigenvalue weighted by Gasteiger charge is 2.19. The number of thiazole rings is 1. The molecule has 1 unspecified atom stereocenters. The van der Waals surface area contributed by atoms with E-state index in [-0.39, 0.29) is 12.3 Å². The van der Waals surface area contributed by atoms with Gasteiger partial charge < -0.3 is 10.1 Å². The fraction of sp³-hybridized carbons (Fsp3) is 0.227. The third-order valence-electron chi connectivity index (χ3n) is 4.22. The van der Waals surface area contributed by atoms with E-state index < -0.39 is 12.1 Å². The van der Waals surface area contributed by atoms with Crippen molar-refractivity contribution in [2.24, 2.45) is 0 Å². The molecule has 3 aromatic rings. The van der Waals surface area contributed by atoms with Gasteiger partial charge >= 0.3 is 5.97 Å². The number of rotatable bonds is 6. The quantitative estimate of drug-likeness (QED) is 0.623. The molecule has 144 valence electrons. The first-order valence-corrected chi connectivity index (χ1v) is 9.88. The molecular formula is C22H22N2O3S. The largest absolute Gasteiger partial charge is 0.452 e. The van der Waals surface area contributed by atoms with E-state index in [1.54, 1.807) is 6.92 Å². The van der Waals surface area contributed by atoms with Gasteiger partial charge in [-0.1, -0.05) is 48.0 Å². The number of aromatic nitrogens is 1. The average molecular weight is 394 g/mol. The van der Waals surface area contributed by atoms with E-state index in [1.165, 1.54) is 11.3 Å². The van der Waals surface area contributed by atoms with E-state index >= 15 is 0 Å². The molecule has 0 bridgehead atoms. The van der Waals surface area contributed by atoms with Crippen LogP contribution < -0.4 is 5.32 Å². The Morgan fingerprint density at radius 2 is 1.89 bits per heavy atom. The predicted molar refractivity (Wildman–Crippen MR) is 111 cm³/mol. The zero-order valence-electron chi connectivity index (χ0n) is 16.1. The molecule has 5 nitrogen and oxygen atoms in total. The first kappa shape index (κ1) is 19.8. The SMILES string of the molecule is Cc1ccc(NC(=O)C(C)OC(=O)Cc2csc(-c3ccccc3)n2)c(C)c1. The zero-order valence-corrected chi connectivity index (χ0v) is 16.9. The molecule has 0 aliphatic rings. The van der Waals surface area contributed by atoms with Crippen LogP contribution in [0.25, 0.3) is 10.6 Å². The smallest absolute Gasteiger partial charge is 0.312 e. The Kier molecular flexibility index (Phi) is 6.21. The van der Waals surface area contributed by atoms with Gasteiger partial charge in [0.1, 0.15) is 5.01 Å². The van der Waals surface area contributed by atoms with Gasteiger partial charge in [0.25, 0.3) is 5.91 Å². The van der Waals surface area contributed by atoms with Gasteiger partial charge in [-0.25, -0.2) is 4.98 Å². The van der Waals surface area contributed by atoms with E-state index in [2.05, 4.69) is 10.3 Å². The summed E-state index contributed by atoms with van der Waals surface area (Å²) in [5, 5.41) is 5.49. The van der Waals surface area contributed by atoms with Gasteiger partial charge in [0.15, 0.2) is 6.10 Å². The molecule has 0 fully saturated rings. The van der Waals surface area contributed by atoms with Gasteiger partial charge in [-0.3, -0.25) is 9.59 Å². The number of nitrogens with zero attached hydrogens (tertiary/aromatic N) is 1. The molecule has 1 amide bonds. The van der Waals surface area contributed by atoms with Gasteiger partial charge in [0.2, 0.25) is 0 Å². The fourth-order valence-electron chi connectivity index (χ4n) is 2.73. The lowest BCUT2D eigenvalue weighted by Gasteiger charge is -2.14. The Morgan fingerprint density at radius 1 is 1.14 bits per heavy atom. The maximum absolute atomic E-state index is 12.3. The molecule has 3 rings (SSSR count). The third-order valence-corrected chi connectivity index (χ3v) is 5.16. The summed E-state index contributed by atoms with van der Waals surface area (Å²) < 4.78 is 5.28. The Hall–Kier alpha value is -2.99. The topological polar surface area (TPSA) is 68.3 Å². The minimum atomic E-state index is -0.888. The molecule has 0 aliphatic heterocycles. The Bertz CT molecular complexity index is 982. The number of aryl methyl sites for hydroxylation is 2. The Balaban J connectivity index is 1.55. The number of ether oxygens (including phenoxy) is 1. The van der Waals surface area contributed by atoms with E-state index in [9.17, 15) is 9.59 Å². The molecule has 0 aliphatic carbocycles. The highest BCUT2D eigenvalue weighted by molar-refractivity contribution is 7.13. The lowest BCUT2D eigenvalue weighted by Crippen LogP contribution is -2.30. The van der Waals surface area contributed by atoms with Gasteiger partial charge in [0, 0.05) is 16.6 Å². The van der Waals surface area contributed by atoms with Crippen molar-refractivity contribution in [2.75, 3.05) is 5.32 Å². The van der Waals surface area contributed by atoms with E-state index in [1.807, 2.05) is 67.8 Å². The summed E-state index contributed by atoms with van der Waals surface area (Å²) in [4.78, 5) is 29.0. The van der Waals surface area contributed by atoms with E-state index in [0.29, 0.717) is 11.4 Å². The molecule has 1 aromatic heterocycles. The summed E-state index contributed by atoms with van der Waals surface area (Å²) >= 11 is 1.48. The third kappa shape index (κ3) is 5.04. The summed E-state index contributed by atoms with van der Waals surface area (Å²) in [7, 11) is 0. The number of hydrogen-bond donors (Lipinski definition) is 1. The lowest BCUT2D eigenvalue weighted by molar-refractivity contribution is -0.152. The lowest BCUT2D eigenvalue weighted by atomic mass is 10.1. The molecule has 0 spiro atoms. The van der Waals surface area contributed by atoms with Crippen molar-refractivity contribution in [1.29, 1.82) is 0 Å². The number of amides is 1. The second kappa shape index (κ2) is 8.80. The highest BCUT2D eigenvalue weighted by atomic mass is 32.1. The van der Waals surface area contributed by atoms with Crippen LogP contribution >= 0.6 is 11.3 Å². The second-order valence-corrected chi connectivity index (χ2v) is 7.48. The van der Waals surface area contributed by atoms with Gasteiger partial charge in [-0.05, 0) is 32.4 Å². The van der Waals surface area contributed by atoms with Crippen LogP contribution in [-0.2, 0) is 20.7 Å². The van der Waals surface area contributed by atoms with E-state index in [0.717, 1.165) is 21.7 Å². The van der Waals surface area contributed by atoms with Crippen LogP contribution in [0.3, 0.4) is 0 Å². The summed E-state index contributed by atoms with van der Waals surface area (Å²) in [5.41, 5.74) is 4.44. The number of carbonyl (C=O) groups excluding carboxylic acids is 2. The summed E-state index contributed by atoms with van der Waals surface area (Å²) in [6.45, 7) is 5.48. The maximum Gasteiger partial charge on any atom is 0.312 e. The molecule has 1 heterocycles. The number of esters is 1. The number of nitrogens with one attached hydrogen (secondary N) is 1. The van der Waals surface area contributed by atoms with Gasteiger partial charge in [-0.2, -0.15) is 0 Å². The molecular weight excluding hydrogens is 372 g/mol. The van der Waals surface area contributed by atoms with Crippen LogP contribution in [0.4, 0.5) is 5.69 Å². The van der Waals surface area contributed by atoms with Crippen molar-refractivity contribution in [2.45, 2.75) is 33.3 Å². The molecule has 6 heteroatoms. The van der Waals surface area contributed by atoms with Crippen molar-refractivity contribution in [3.05, 3.63) is 70.7 Å². The minimum absolute atomic E-state index is 0.0323. The number of carbonyl (C=O) groups is 2. The molecule has 0 saturated carbocycles. The molecule has 0 radical (unpaired) electrons. The average Bonchev–Trinajstić information content (AvgIpc) is 3.13. The first-order chi connectivity index (χ1) is 13.4. The van der Waals surface area contributed by atoms with Crippen LogP contribution in [0.5, 0.6) is 0 Å². The van der Waals surface area contributed by atoms with Gasteiger partial charge in [-0.15, -0.1) is 11.3 Å². The summed E-state index contributed by atoms with van der Waals surface area (Å²) in [6, 6.07) is 15.5. The van der Waals surface area contributed by atoms with Crippen molar-refractivity contribution in [3.63, 3.8) is 0 Å². The molecule has 2 aromatic carbocycles. The normalized spacial score (nSPS) is 11.7. The van der Waals surface area contributed by atoms with Crippen LogP contribution in [0.1, 0.15) is 23.7 Å². The monoisotopic (exact) mass is 394 g/mol. The Labute approximate surface area is 168 Å². The van der Waals surface area contributed by atoms with Crippen LogP contribution in [0.2, 0.25) is 0 Å². The zero-order chi connectivity index (χ0) is 20.1. The first-order valence-electron chi connectivity index (χ1n) is 9.00. The molecule has 1 N–H and O–H groups in total. The highest BCUT2D eigenvalue weighted by Crippen LogP contribution is 2.23. The summed E-state index contributed by atoms with van der Waals surface area (Å²) in [5.74, 6) is -0.836. The van der Waals surface area contributed by atoms with Crippen molar-refractivity contribution >= 4 is 28.9 Å².